The minimum Gasteiger partial charge on any atom is -0.870 e. The molecule has 21 heavy (non-hydrogen) atoms. The van der Waals surface area contributed by atoms with Crippen LogP contribution in [0.5, 0.6) is 0 Å². The molecule has 21 heteroatoms. The molecular weight excluding hydrogens is 628 g/mol. The molecule has 0 aromatic rings. The number of rotatable bonds is 0. The van der Waals surface area contributed by atoms with Crippen LogP contribution in [0.25, 0.3) is 0 Å². The third-order valence-corrected chi connectivity index (χ3v) is 0. The van der Waals surface area contributed by atoms with Crippen molar-refractivity contribution < 1.29 is 161 Å². The van der Waals surface area contributed by atoms with E-state index in [0.717, 1.165) is 0 Å². The van der Waals surface area contributed by atoms with E-state index < -0.39 is 23.5 Å². The van der Waals surface area contributed by atoms with Crippen LogP contribution in [0.15, 0.2) is 0 Å². The number of hydrogen-bond donors (Lipinski definition) is 0. The van der Waals surface area contributed by atoms with Crippen molar-refractivity contribution in [3.63, 3.8) is 0 Å². The molecule has 0 saturated carbocycles. The SMILES string of the molecule is O=P([O-])([O-])[O-].O=P([O-])([O-])[O-].O=P([O-])([O-])[O-].[OH-].[Zn+2].[Zn+2].[Zn+2].[Zn+2].[Zn+2]. The van der Waals surface area contributed by atoms with Gasteiger partial charge in [0.2, 0.25) is 0 Å². The maximum Gasteiger partial charge on any atom is 2.00 e. The van der Waals surface area contributed by atoms with Gasteiger partial charge in [-0.15, -0.1) is 0 Å². The first kappa shape index (κ1) is 56.3. The predicted octanol–water partition coefficient (Wildman–Crippen LogP) is -8.66. The summed E-state index contributed by atoms with van der Waals surface area (Å²) >= 11 is 0. The first-order valence-corrected chi connectivity index (χ1v) is 6.57. The monoisotopic (exact) mass is 622 g/mol. The number of phosphoric acid groups is 3. The molecule has 13 nitrogen and oxygen atoms in total. The zero-order chi connectivity index (χ0) is 13.5. The van der Waals surface area contributed by atoms with E-state index in [9.17, 15) is 0 Å². The van der Waals surface area contributed by atoms with Crippen molar-refractivity contribution in [1.29, 1.82) is 0 Å². The Labute approximate surface area is 182 Å². The van der Waals surface area contributed by atoms with Gasteiger partial charge in [-0.1, -0.05) is 0 Å². The van der Waals surface area contributed by atoms with Gasteiger partial charge < -0.3 is 63.2 Å². The van der Waals surface area contributed by atoms with Crippen molar-refractivity contribution >= 4 is 23.5 Å². The molecule has 0 fully saturated rings. The summed E-state index contributed by atoms with van der Waals surface area (Å²) in [6.45, 7) is 0. The Morgan fingerprint density at radius 1 is 0.381 bits per heavy atom. The molecule has 0 aromatic carbocycles. The van der Waals surface area contributed by atoms with Crippen LogP contribution in [0.4, 0.5) is 0 Å². The van der Waals surface area contributed by atoms with Gasteiger partial charge in [-0.05, 0) is 0 Å². The van der Waals surface area contributed by atoms with Gasteiger partial charge in [0.15, 0.2) is 0 Å². The molecule has 0 atom stereocenters. The quantitative estimate of drug-likeness (QED) is 0.178. The Bertz CT molecular complexity index is 214. The molecule has 0 amide bonds. The summed E-state index contributed by atoms with van der Waals surface area (Å²) in [6, 6.07) is 0. The van der Waals surface area contributed by atoms with Gasteiger partial charge in [0, 0.05) is 0 Å². The largest absolute Gasteiger partial charge is 2.00 e. The average molecular weight is 629 g/mol. The average Bonchev–Trinajstić information content (AvgIpc) is 1.41. The van der Waals surface area contributed by atoms with Crippen molar-refractivity contribution in [1.82, 2.24) is 0 Å². The summed E-state index contributed by atoms with van der Waals surface area (Å²) in [5, 5.41) is 0. The topological polar surface area (TPSA) is 289 Å². The smallest absolute Gasteiger partial charge is 0.870 e. The summed E-state index contributed by atoms with van der Waals surface area (Å²) < 4.78 is 25.6. The van der Waals surface area contributed by atoms with Crippen LogP contribution in [0.1, 0.15) is 0 Å². The summed E-state index contributed by atoms with van der Waals surface area (Å²) in [5.41, 5.74) is 0. The third kappa shape index (κ3) is 924. The molecule has 0 saturated heterocycles. The minimum absolute atomic E-state index is 0. The molecule has 0 radical (unpaired) electrons. The second-order valence-electron chi connectivity index (χ2n) is 1.34. The molecular formula is HO13P3Zn5. The molecule has 0 aromatic heterocycles. The zero-order valence-corrected chi connectivity index (χ0v) is 27.7. The molecule has 0 aliphatic carbocycles. The summed E-state index contributed by atoms with van der Waals surface area (Å²) in [7, 11) is -16.2. The van der Waals surface area contributed by atoms with Crippen molar-refractivity contribution in [2.45, 2.75) is 0 Å². The van der Waals surface area contributed by atoms with E-state index in [1.807, 2.05) is 0 Å². The van der Waals surface area contributed by atoms with E-state index in [0.29, 0.717) is 0 Å². The fraction of sp³-hybridized carbons (Fsp3) is 0. The molecule has 0 spiro atoms. The van der Waals surface area contributed by atoms with E-state index in [1.165, 1.54) is 0 Å². The van der Waals surface area contributed by atoms with Crippen LogP contribution < -0.4 is 44.0 Å². The van der Waals surface area contributed by atoms with E-state index in [4.69, 9.17) is 57.7 Å². The number of hydrogen-bond acceptors (Lipinski definition) is 13. The first-order valence-electron chi connectivity index (χ1n) is 2.19. The third-order valence-electron chi connectivity index (χ3n) is 0. The fourth-order valence-electron chi connectivity index (χ4n) is 0. The van der Waals surface area contributed by atoms with E-state index in [2.05, 4.69) is 0 Å². The molecule has 104 valence electrons. The van der Waals surface area contributed by atoms with Gasteiger partial charge in [-0.3, -0.25) is 0 Å². The molecule has 0 heterocycles. The van der Waals surface area contributed by atoms with Gasteiger partial charge in [0.05, 0.1) is 0 Å². The van der Waals surface area contributed by atoms with Crippen LogP contribution in [0.3, 0.4) is 0 Å². The van der Waals surface area contributed by atoms with Gasteiger partial charge in [0.1, 0.15) is 0 Å². The van der Waals surface area contributed by atoms with Gasteiger partial charge in [-0.25, -0.2) is 0 Å². The van der Waals surface area contributed by atoms with Gasteiger partial charge >= 0.3 is 97.4 Å². The summed E-state index contributed by atoms with van der Waals surface area (Å²) in [6.07, 6.45) is 0. The maximum atomic E-state index is 8.55. The van der Waals surface area contributed by atoms with Crippen molar-refractivity contribution in [3.8, 4) is 0 Å². The van der Waals surface area contributed by atoms with E-state index in [-0.39, 0.29) is 103 Å². The molecule has 0 aliphatic heterocycles. The van der Waals surface area contributed by atoms with Crippen LogP contribution >= 0.6 is 23.5 Å². The molecule has 1 N–H and O–H groups in total. The van der Waals surface area contributed by atoms with Crippen LogP contribution in [0, 0.1) is 0 Å². The maximum absolute atomic E-state index is 8.55. The van der Waals surface area contributed by atoms with Gasteiger partial charge in [0.25, 0.3) is 0 Å². The summed E-state index contributed by atoms with van der Waals surface area (Å²) in [4.78, 5) is 76.9. The van der Waals surface area contributed by atoms with Crippen LogP contribution in [-0.2, 0) is 111 Å². The Balaban J connectivity index is -0.0000000129. The zero-order valence-electron chi connectivity index (χ0n) is 10.2. The Kier molecular flexibility index (Phi) is 68.8. The molecule has 0 unspecified atom stereocenters. The van der Waals surface area contributed by atoms with Crippen molar-refractivity contribution in [3.05, 3.63) is 0 Å². The van der Waals surface area contributed by atoms with Gasteiger partial charge in [-0.2, -0.15) is 23.5 Å². The van der Waals surface area contributed by atoms with Crippen molar-refractivity contribution in [2.24, 2.45) is 0 Å². The fourth-order valence-corrected chi connectivity index (χ4v) is 0. The predicted molar refractivity (Wildman–Crippen MR) is 24.8 cm³/mol. The van der Waals surface area contributed by atoms with E-state index >= 15 is 0 Å². The van der Waals surface area contributed by atoms with Crippen molar-refractivity contribution in [2.75, 3.05) is 0 Å². The van der Waals surface area contributed by atoms with Crippen LogP contribution in [-0.4, -0.2) is 5.48 Å². The second kappa shape index (κ2) is 25.6. The Morgan fingerprint density at radius 2 is 0.381 bits per heavy atom. The second-order valence-corrected chi connectivity index (χ2v) is 4.02. The molecule has 0 aliphatic rings. The van der Waals surface area contributed by atoms with Crippen LogP contribution in [0.2, 0.25) is 0 Å². The Hall–Kier alpha value is 3.41. The molecule has 0 bridgehead atoms. The van der Waals surface area contributed by atoms with E-state index in [1.54, 1.807) is 0 Å². The molecule has 0 rings (SSSR count). The minimum atomic E-state index is -5.39. The normalized spacial score (nSPS) is 8.43. The Morgan fingerprint density at radius 3 is 0.381 bits per heavy atom. The standard InChI is InChI=1S/3H3O4P.H2O.5Zn/c3*1-5(2,3)4;;;;;;/h3*(H3,1,2,3,4);1H2;;;;;/q;;;;5*+2/p-10. The summed E-state index contributed by atoms with van der Waals surface area (Å²) in [5.74, 6) is 0. The first-order chi connectivity index (χ1) is 6.00.